The van der Waals surface area contributed by atoms with Crippen LogP contribution in [0, 0.1) is 0 Å². The van der Waals surface area contributed by atoms with Crippen LogP contribution < -0.4 is 5.73 Å². The minimum atomic E-state index is -4.44. The molecule has 0 aromatic carbocycles. The quantitative estimate of drug-likeness (QED) is 0.749. The van der Waals surface area contributed by atoms with Crippen molar-refractivity contribution in [1.29, 1.82) is 0 Å². The van der Waals surface area contributed by atoms with E-state index in [-0.39, 0.29) is 26.1 Å². The molecule has 1 fully saturated rings. The number of hydrogen-bond acceptors (Lipinski definition) is 3. The maximum absolute atomic E-state index is 12.4. The maximum Gasteiger partial charge on any atom is 0.410 e. The van der Waals surface area contributed by atoms with Gasteiger partial charge in [0.15, 0.2) is 0 Å². The summed E-state index contributed by atoms with van der Waals surface area (Å²) >= 11 is 0. The van der Waals surface area contributed by atoms with Gasteiger partial charge in [0.2, 0.25) is 0 Å². The Labute approximate surface area is 78.8 Å². The standard InChI is InChI=1S/C7H11F3N2O2/c8-7(9,10)5(1-2-11)12-3-4-14-6(12)13/h5H,1-4,11H2. The molecule has 4 nitrogen and oxygen atoms in total. The van der Waals surface area contributed by atoms with Gasteiger partial charge in [0.1, 0.15) is 12.6 Å². The Morgan fingerprint density at radius 2 is 2.21 bits per heavy atom. The van der Waals surface area contributed by atoms with E-state index < -0.39 is 18.3 Å². The summed E-state index contributed by atoms with van der Waals surface area (Å²) in [6, 6.07) is -1.82. The smallest absolute Gasteiger partial charge is 0.410 e. The number of cyclic esters (lactones) is 1. The number of amides is 1. The Bertz CT molecular complexity index is 219. The predicted octanol–water partition coefficient (Wildman–Crippen LogP) is 0.718. The van der Waals surface area contributed by atoms with Crippen molar-refractivity contribution in [3.8, 4) is 0 Å². The van der Waals surface area contributed by atoms with Gasteiger partial charge in [-0.15, -0.1) is 0 Å². The van der Waals surface area contributed by atoms with E-state index in [0.29, 0.717) is 4.90 Å². The first kappa shape index (κ1) is 11.1. The van der Waals surface area contributed by atoms with Crippen molar-refractivity contribution in [2.45, 2.75) is 18.6 Å². The summed E-state index contributed by atoms with van der Waals surface area (Å²) < 4.78 is 41.7. The molecule has 0 radical (unpaired) electrons. The fourth-order valence-corrected chi connectivity index (χ4v) is 1.34. The minimum Gasteiger partial charge on any atom is -0.448 e. The number of carbonyl (C=O) groups excluding carboxylic acids is 1. The summed E-state index contributed by atoms with van der Waals surface area (Å²) in [5, 5.41) is 0. The monoisotopic (exact) mass is 212 g/mol. The molecule has 82 valence electrons. The second-order valence-corrected chi connectivity index (χ2v) is 2.94. The van der Waals surface area contributed by atoms with Crippen LogP contribution in [0.5, 0.6) is 0 Å². The van der Waals surface area contributed by atoms with Crippen molar-refractivity contribution < 1.29 is 22.7 Å². The maximum atomic E-state index is 12.4. The van der Waals surface area contributed by atoms with Gasteiger partial charge in [-0.05, 0) is 13.0 Å². The van der Waals surface area contributed by atoms with Crippen molar-refractivity contribution in [1.82, 2.24) is 4.90 Å². The Balaban J connectivity index is 2.71. The molecular formula is C7H11F3N2O2. The number of halogens is 3. The van der Waals surface area contributed by atoms with Gasteiger partial charge < -0.3 is 10.5 Å². The number of ether oxygens (including phenoxy) is 1. The highest BCUT2D eigenvalue weighted by molar-refractivity contribution is 5.69. The number of nitrogens with two attached hydrogens (primary N) is 1. The Morgan fingerprint density at radius 1 is 1.57 bits per heavy atom. The lowest BCUT2D eigenvalue weighted by Crippen LogP contribution is -2.47. The molecule has 0 spiro atoms. The number of rotatable bonds is 3. The van der Waals surface area contributed by atoms with Gasteiger partial charge in [0, 0.05) is 0 Å². The minimum absolute atomic E-state index is 0.00991. The van der Waals surface area contributed by atoms with Crippen LogP contribution in [0.15, 0.2) is 0 Å². The van der Waals surface area contributed by atoms with Gasteiger partial charge in [0.05, 0.1) is 6.54 Å². The second-order valence-electron chi connectivity index (χ2n) is 2.94. The van der Waals surface area contributed by atoms with Gasteiger partial charge in [0.25, 0.3) is 0 Å². The molecule has 0 aliphatic carbocycles. The van der Waals surface area contributed by atoms with E-state index in [0.717, 1.165) is 0 Å². The van der Waals surface area contributed by atoms with Crippen LogP contribution in [0.1, 0.15) is 6.42 Å². The van der Waals surface area contributed by atoms with Crippen molar-refractivity contribution in [2.75, 3.05) is 19.7 Å². The number of carbonyl (C=O) groups is 1. The molecule has 1 rings (SSSR count). The first-order chi connectivity index (χ1) is 6.46. The summed E-state index contributed by atoms with van der Waals surface area (Å²) in [5.74, 6) is 0. The van der Waals surface area contributed by atoms with Crippen LogP contribution in [-0.4, -0.2) is 42.9 Å². The highest BCUT2D eigenvalue weighted by Gasteiger charge is 2.46. The molecular weight excluding hydrogens is 201 g/mol. The van der Waals surface area contributed by atoms with E-state index in [4.69, 9.17) is 5.73 Å². The second kappa shape index (κ2) is 4.04. The first-order valence-electron chi connectivity index (χ1n) is 4.17. The molecule has 0 aromatic heterocycles. The van der Waals surface area contributed by atoms with Crippen molar-refractivity contribution in [3.05, 3.63) is 0 Å². The SMILES string of the molecule is NCCC(N1CCOC1=O)C(F)(F)F. The zero-order valence-corrected chi connectivity index (χ0v) is 7.38. The summed E-state index contributed by atoms with van der Waals surface area (Å²) in [6.45, 7) is -0.132. The molecule has 1 aliphatic heterocycles. The molecule has 1 saturated heterocycles. The van der Waals surface area contributed by atoms with Gasteiger partial charge in [-0.2, -0.15) is 13.2 Å². The van der Waals surface area contributed by atoms with Crippen LogP contribution in [0.2, 0.25) is 0 Å². The highest BCUT2D eigenvalue weighted by atomic mass is 19.4. The summed E-state index contributed by atoms with van der Waals surface area (Å²) in [4.78, 5) is 11.6. The fraction of sp³-hybridized carbons (Fsp3) is 0.857. The van der Waals surface area contributed by atoms with Gasteiger partial charge >= 0.3 is 12.3 Å². The number of hydrogen-bond donors (Lipinski definition) is 1. The highest BCUT2D eigenvalue weighted by Crippen LogP contribution is 2.28. The van der Waals surface area contributed by atoms with Gasteiger partial charge in [-0.1, -0.05) is 0 Å². The zero-order chi connectivity index (χ0) is 10.8. The molecule has 0 aromatic rings. The van der Waals surface area contributed by atoms with Crippen LogP contribution in [-0.2, 0) is 4.74 Å². The van der Waals surface area contributed by atoms with E-state index in [2.05, 4.69) is 4.74 Å². The third-order valence-corrected chi connectivity index (χ3v) is 1.99. The average molecular weight is 212 g/mol. The van der Waals surface area contributed by atoms with E-state index >= 15 is 0 Å². The third-order valence-electron chi connectivity index (χ3n) is 1.99. The summed E-state index contributed by atoms with van der Waals surface area (Å²) in [5.41, 5.74) is 5.06. The molecule has 14 heavy (non-hydrogen) atoms. The topological polar surface area (TPSA) is 55.6 Å². The largest absolute Gasteiger partial charge is 0.448 e. The average Bonchev–Trinajstić information content (AvgIpc) is 2.45. The van der Waals surface area contributed by atoms with E-state index in [1.807, 2.05) is 0 Å². The molecule has 1 aliphatic rings. The normalized spacial score (nSPS) is 19.7. The number of alkyl halides is 3. The fourth-order valence-electron chi connectivity index (χ4n) is 1.34. The van der Waals surface area contributed by atoms with Gasteiger partial charge in [-0.3, -0.25) is 4.90 Å². The Hall–Kier alpha value is -0.980. The van der Waals surface area contributed by atoms with Crippen molar-refractivity contribution in [2.24, 2.45) is 5.73 Å². The molecule has 2 N–H and O–H groups in total. The predicted molar refractivity (Wildman–Crippen MR) is 41.6 cm³/mol. The van der Waals surface area contributed by atoms with Crippen LogP contribution >= 0.6 is 0 Å². The Kier molecular flexibility index (Phi) is 3.20. The van der Waals surface area contributed by atoms with Crippen molar-refractivity contribution >= 4 is 6.09 Å². The summed E-state index contributed by atoms with van der Waals surface area (Å²) in [6.07, 6.45) is -5.65. The molecule has 1 amide bonds. The zero-order valence-electron chi connectivity index (χ0n) is 7.38. The lowest BCUT2D eigenvalue weighted by Gasteiger charge is -2.27. The van der Waals surface area contributed by atoms with Crippen LogP contribution in [0.25, 0.3) is 0 Å². The molecule has 1 unspecified atom stereocenters. The lowest BCUT2D eigenvalue weighted by molar-refractivity contribution is -0.175. The molecule has 7 heteroatoms. The number of nitrogens with zero attached hydrogens (tertiary/aromatic N) is 1. The van der Waals surface area contributed by atoms with Crippen LogP contribution in [0.4, 0.5) is 18.0 Å². The third kappa shape index (κ3) is 2.28. The Morgan fingerprint density at radius 3 is 2.57 bits per heavy atom. The van der Waals surface area contributed by atoms with Gasteiger partial charge in [-0.25, -0.2) is 4.79 Å². The van der Waals surface area contributed by atoms with E-state index in [9.17, 15) is 18.0 Å². The van der Waals surface area contributed by atoms with Crippen molar-refractivity contribution in [3.63, 3.8) is 0 Å². The van der Waals surface area contributed by atoms with E-state index in [1.54, 1.807) is 0 Å². The van der Waals surface area contributed by atoms with E-state index in [1.165, 1.54) is 0 Å². The molecule has 1 heterocycles. The molecule has 1 atom stereocenters. The first-order valence-corrected chi connectivity index (χ1v) is 4.17. The molecule has 0 bridgehead atoms. The van der Waals surface area contributed by atoms with Crippen LogP contribution in [0.3, 0.4) is 0 Å². The molecule has 0 saturated carbocycles. The lowest BCUT2D eigenvalue weighted by atomic mass is 10.2. The summed E-state index contributed by atoms with van der Waals surface area (Å²) in [7, 11) is 0.